The van der Waals surface area contributed by atoms with Crippen LogP contribution in [-0.4, -0.2) is 46.6 Å². The molecule has 1 fully saturated rings. The molecular formula is C15H21N5O2. The molecule has 7 nitrogen and oxygen atoms in total. The summed E-state index contributed by atoms with van der Waals surface area (Å²) in [6.07, 6.45) is 3.10. The monoisotopic (exact) mass is 303 g/mol. The van der Waals surface area contributed by atoms with Crippen LogP contribution in [0.25, 0.3) is 5.57 Å². The quantitative estimate of drug-likeness (QED) is 0.816. The lowest BCUT2D eigenvalue weighted by molar-refractivity contribution is -0.118. The van der Waals surface area contributed by atoms with Crippen LogP contribution in [0.1, 0.15) is 29.4 Å². The van der Waals surface area contributed by atoms with Gasteiger partial charge in [0.1, 0.15) is 17.1 Å². The van der Waals surface area contributed by atoms with Gasteiger partial charge in [-0.15, -0.1) is 0 Å². The molecule has 2 atom stereocenters. The largest absolute Gasteiger partial charge is 0.383 e. The third-order valence-corrected chi connectivity index (χ3v) is 4.48. The number of aryl methyl sites for hydroxylation is 1. The van der Waals surface area contributed by atoms with E-state index in [9.17, 15) is 9.59 Å². The first-order valence-corrected chi connectivity index (χ1v) is 7.40. The number of likely N-dealkylation sites (tertiary alicyclic amines) is 1. The van der Waals surface area contributed by atoms with E-state index in [1.807, 2.05) is 0 Å². The molecule has 1 aliphatic heterocycles. The fourth-order valence-electron chi connectivity index (χ4n) is 3.52. The lowest BCUT2D eigenvalue weighted by Gasteiger charge is -2.09. The van der Waals surface area contributed by atoms with Crippen LogP contribution < -0.4 is 11.1 Å². The number of imide groups is 1. The van der Waals surface area contributed by atoms with Gasteiger partial charge < -0.3 is 10.6 Å². The molecule has 1 aromatic rings. The molecular weight excluding hydrogens is 282 g/mol. The molecule has 7 heteroatoms. The van der Waals surface area contributed by atoms with Gasteiger partial charge in [0, 0.05) is 27.1 Å². The first-order chi connectivity index (χ1) is 10.4. The number of rotatable bonds is 2. The molecule has 118 valence electrons. The molecule has 2 aliphatic rings. The van der Waals surface area contributed by atoms with E-state index in [0.717, 1.165) is 25.1 Å². The summed E-state index contributed by atoms with van der Waals surface area (Å²) in [4.78, 5) is 25.7. The Kier molecular flexibility index (Phi) is 3.52. The van der Waals surface area contributed by atoms with Crippen LogP contribution in [0.15, 0.2) is 6.08 Å². The van der Waals surface area contributed by atoms with Crippen molar-refractivity contribution in [2.24, 2.45) is 18.9 Å². The highest BCUT2D eigenvalue weighted by Gasteiger charge is 2.37. The Bertz CT molecular complexity index is 676. The summed E-state index contributed by atoms with van der Waals surface area (Å²) >= 11 is 0. The highest BCUT2D eigenvalue weighted by molar-refractivity contribution is 6.09. The molecule has 0 spiro atoms. The van der Waals surface area contributed by atoms with Crippen molar-refractivity contribution >= 4 is 23.2 Å². The van der Waals surface area contributed by atoms with Crippen LogP contribution in [0.3, 0.4) is 0 Å². The van der Waals surface area contributed by atoms with Gasteiger partial charge >= 0.3 is 0 Å². The minimum absolute atomic E-state index is 0.281. The zero-order chi connectivity index (χ0) is 16.0. The number of nitrogens with zero attached hydrogens (tertiary/aromatic N) is 3. The smallest absolute Gasteiger partial charge is 0.263 e. The van der Waals surface area contributed by atoms with Gasteiger partial charge in [-0.3, -0.25) is 19.6 Å². The minimum atomic E-state index is -0.483. The SMILES string of the molecule is CC(=O)NC(=O)c1c(C2=CC3CN(C)CC3C2)nn(C)c1N. The van der Waals surface area contributed by atoms with Crippen molar-refractivity contribution in [3.8, 4) is 0 Å². The Balaban J connectivity index is 1.95. The highest BCUT2D eigenvalue weighted by Crippen LogP contribution is 2.41. The van der Waals surface area contributed by atoms with E-state index in [0.29, 0.717) is 23.1 Å². The van der Waals surface area contributed by atoms with Gasteiger partial charge in [-0.2, -0.15) is 5.10 Å². The average molecular weight is 303 g/mol. The summed E-state index contributed by atoms with van der Waals surface area (Å²) in [7, 11) is 3.82. The molecule has 0 radical (unpaired) electrons. The molecule has 0 bridgehead atoms. The molecule has 2 unspecified atom stereocenters. The molecule has 3 rings (SSSR count). The molecule has 22 heavy (non-hydrogen) atoms. The Morgan fingerprint density at radius 3 is 2.73 bits per heavy atom. The standard InChI is InChI=1S/C15H21N5O2/c1-8(21)17-15(22)12-13(18-20(3)14(12)16)9-4-10-6-19(2)7-11(10)5-9/h4,10-11H,5-7,16H2,1-3H3,(H,17,21,22). The molecule has 2 heterocycles. The Morgan fingerprint density at radius 2 is 2.09 bits per heavy atom. The lowest BCUT2D eigenvalue weighted by Crippen LogP contribution is -2.29. The van der Waals surface area contributed by atoms with Gasteiger partial charge in [0.15, 0.2) is 0 Å². The molecule has 0 saturated carbocycles. The summed E-state index contributed by atoms with van der Waals surface area (Å²) in [5.41, 5.74) is 7.95. The predicted octanol–water partition coefficient (Wildman–Crippen LogP) is 0.244. The van der Waals surface area contributed by atoms with Gasteiger partial charge in [0.2, 0.25) is 5.91 Å². The summed E-state index contributed by atoms with van der Waals surface area (Å²) in [5, 5.41) is 6.69. The number of amides is 2. The average Bonchev–Trinajstić information content (AvgIpc) is 3.01. The van der Waals surface area contributed by atoms with Crippen LogP contribution in [-0.2, 0) is 11.8 Å². The first-order valence-electron chi connectivity index (χ1n) is 7.40. The van der Waals surface area contributed by atoms with Crippen molar-refractivity contribution in [2.45, 2.75) is 13.3 Å². The summed E-state index contributed by atoms with van der Waals surface area (Å²) in [6, 6.07) is 0. The van der Waals surface area contributed by atoms with Crippen LogP contribution in [0.4, 0.5) is 5.82 Å². The number of carbonyl (C=O) groups is 2. The van der Waals surface area contributed by atoms with E-state index in [-0.39, 0.29) is 5.82 Å². The van der Waals surface area contributed by atoms with Crippen molar-refractivity contribution in [2.75, 3.05) is 25.9 Å². The third-order valence-electron chi connectivity index (χ3n) is 4.48. The zero-order valence-electron chi connectivity index (χ0n) is 13.1. The second kappa shape index (κ2) is 5.24. The van der Waals surface area contributed by atoms with Crippen LogP contribution in [0.2, 0.25) is 0 Å². The highest BCUT2D eigenvalue weighted by atomic mass is 16.2. The van der Waals surface area contributed by atoms with E-state index < -0.39 is 11.8 Å². The second-order valence-corrected chi connectivity index (χ2v) is 6.28. The van der Waals surface area contributed by atoms with Crippen molar-refractivity contribution in [1.29, 1.82) is 0 Å². The number of anilines is 1. The third kappa shape index (κ3) is 2.41. The van der Waals surface area contributed by atoms with Gasteiger partial charge in [0.25, 0.3) is 5.91 Å². The van der Waals surface area contributed by atoms with Crippen LogP contribution in [0.5, 0.6) is 0 Å². The van der Waals surface area contributed by atoms with Gasteiger partial charge in [0.05, 0.1) is 0 Å². The van der Waals surface area contributed by atoms with Crippen molar-refractivity contribution < 1.29 is 9.59 Å². The van der Waals surface area contributed by atoms with Crippen LogP contribution in [0, 0.1) is 11.8 Å². The molecule has 1 aliphatic carbocycles. The van der Waals surface area contributed by atoms with Gasteiger partial charge in [-0.25, -0.2) is 0 Å². The summed E-state index contributed by atoms with van der Waals surface area (Å²) < 4.78 is 1.49. The zero-order valence-corrected chi connectivity index (χ0v) is 13.1. The Morgan fingerprint density at radius 1 is 1.36 bits per heavy atom. The lowest BCUT2D eigenvalue weighted by atomic mass is 9.99. The maximum Gasteiger partial charge on any atom is 0.263 e. The number of nitrogens with one attached hydrogen (secondary N) is 1. The number of allylic oxidation sites excluding steroid dienone is 1. The van der Waals surface area contributed by atoms with E-state index >= 15 is 0 Å². The minimum Gasteiger partial charge on any atom is -0.383 e. The normalized spacial score (nSPS) is 24.2. The fourth-order valence-corrected chi connectivity index (χ4v) is 3.52. The Labute approximate surface area is 129 Å². The number of hydrogen-bond acceptors (Lipinski definition) is 5. The summed E-state index contributed by atoms with van der Waals surface area (Å²) in [5.74, 6) is 0.476. The molecule has 1 aromatic heterocycles. The summed E-state index contributed by atoms with van der Waals surface area (Å²) in [6.45, 7) is 3.40. The molecule has 3 N–H and O–H groups in total. The van der Waals surface area contributed by atoms with E-state index in [2.05, 4.69) is 28.4 Å². The number of hydrogen-bond donors (Lipinski definition) is 2. The Hall–Kier alpha value is -2.15. The number of carbonyl (C=O) groups excluding carboxylic acids is 2. The topological polar surface area (TPSA) is 93.2 Å². The predicted molar refractivity (Wildman–Crippen MR) is 82.8 cm³/mol. The second-order valence-electron chi connectivity index (χ2n) is 6.28. The number of aromatic nitrogens is 2. The van der Waals surface area contributed by atoms with E-state index in [4.69, 9.17) is 5.73 Å². The van der Waals surface area contributed by atoms with Gasteiger partial charge in [-0.1, -0.05) is 6.08 Å². The fraction of sp³-hybridized carbons (Fsp3) is 0.533. The van der Waals surface area contributed by atoms with Crippen molar-refractivity contribution in [3.63, 3.8) is 0 Å². The van der Waals surface area contributed by atoms with Crippen molar-refractivity contribution in [3.05, 3.63) is 17.3 Å². The van der Waals surface area contributed by atoms with E-state index in [1.165, 1.54) is 11.6 Å². The molecule has 0 aromatic carbocycles. The maximum absolute atomic E-state index is 12.3. The molecule has 2 amide bonds. The van der Waals surface area contributed by atoms with Crippen molar-refractivity contribution in [1.82, 2.24) is 20.0 Å². The maximum atomic E-state index is 12.3. The van der Waals surface area contributed by atoms with Gasteiger partial charge in [-0.05, 0) is 30.9 Å². The first kappa shape index (κ1) is 14.8. The number of nitrogens with two attached hydrogens (primary N) is 1. The van der Waals surface area contributed by atoms with E-state index in [1.54, 1.807) is 7.05 Å². The number of nitrogen functional groups attached to an aromatic ring is 1. The van der Waals surface area contributed by atoms with Crippen LogP contribution >= 0.6 is 0 Å². The molecule has 1 saturated heterocycles. The number of fused-ring (bicyclic) bond motifs is 1.